The number of nitrogens with zero attached hydrogens (tertiary/aromatic N) is 1. The molecule has 1 aliphatic heterocycles. The van der Waals surface area contributed by atoms with Crippen molar-refractivity contribution < 1.29 is 14.4 Å². The summed E-state index contributed by atoms with van der Waals surface area (Å²) in [5.74, 6) is -1.30. The van der Waals surface area contributed by atoms with E-state index in [2.05, 4.69) is 5.32 Å². The van der Waals surface area contributed by atoms with Crippen molar-refractivity contribution in [2.24, 2.45) is 0 Å². The molecule has 0 bridgehead atoms. The van der Waals surface area contributed by atoms with E-state index in [0.29, 0.717) is 11.3 Å². The lowest BCUT2D eigenvalue weighted by atomic mass is 10.0. The molecular weight excluding hydrogens is 304 g/mol. The fourth-order valence-corrected chi connectivity index (χ4v) is 2.85. The van der Waals surface area contributed by atoms with Gasteiger partial charge < -0.3 is 5.32 Å². The first-order valence-electron chi connectivity index (χ1n) is 7.83. The zero-order valence-electron chi connectivity index (χ0n) is 13.6. The Bertz CT molecular complexity index is 827. The second-order valence-corrected chi connectivity index (χ2v) is 6.03. The lowest BCUT2D eigenvalue weighted by Crippen LogP contribution is -2.37. The third-order valence-electron chi connectivity index (χ3n) is 4.04. The molecule has 122 valence electrons. The summed E-state index contributed by atoms with van der Waals surface area (Å²) in [6, 6.07) is 14.3. The van der Waals surface area contributed by atoms with Crippen molar-refractivity contribution in [2.75, 3.05) is 16.8 Å². The number of amides is 2. The van der Waals surface area contributed by atoms with Crippen LogP contribution in [0.3, 0.4) is 0 Å². The number of anilines is 2. The number of carbonyl (C=O) groups excluding carboxylic acids is 3. The summed E-state index contributed by atoms with van der Waals surface area (Å²) in [5.41, 5.74) is 2.58. The molecule has 0 atom stereocenters. The van der Waals surface area contributed by atoms with Gasteiger partial charge in [-0.05, 0) is 29.7 Å². The number of fused-ring (bicyclic) bond motifs is 1. The van der Waals surface area contributed by atoms with E-state index in [-0.39, 0.29) is 18.4 Å². The van der Waals surface area contributed by atoms with E-state index in [1.54, 1.807) is 24.3 Å². The van der Waals surface area contributed by atoms with Gasteiger partial charge in [0, 0.05) is 5.69 Å². The van der Waals surface area contributed by atoms with Crippen LogP contribution in [-0.4, -0.2) is 24.1 Å². The van der Waals surface area contributed by atoms with Crippen molar-refractivity contribution in [1.82, 2.24) is 0 Å². The molecule has 0 saturated carbocycles. The van der Waals surface area contributed by atoms with Crippen molar-refractivity contribution >= 4 is 29.0 Å². The van der Waals surface area contributed by atoms with E-state index in [9.17, 15) is 14.4 Å². The number of carbonyl (C=O) groups is 3. The average Bonchev–Trinajstić information content (AvgIpc) is 2.80. The number of nitrogens with one attached hydrogen (secondary N) is 1. The number of hydrogen-bond acceptors (Lipinski definition) is 3. The molecule has 0 radical (unpaired) electrons. The van der Waals surface area contributed by atoms with Crippen LogP contribution in [0.5, 0.6) is 0 Å². The van der Waals surface area contributed by atoms with Crippen molar-refractivity contribution in [3.05, 3.63) is 59.7 Å². The smallest absolute Gasteiger partial charge is 0.299 e. The first-order valence-corrected chi connectivity index (χ1v) is 7.83. The van der Waals surface area contributed by atoms with E-state index in [0.717, 1.165) is 11.3 Å². The van der Waals surface area contributed by atoms with E-state index in [1.807, 2.05) is 38.1 Å². The summed E-state index contributed by atoms with van der Waals surface area (Å²) in [6.45, 7) is 3.90. The molecule has 1 N–H and O–H groups in total. The van der Waals surface area contributed by atoms with E-state index < -0.39 is 11.7 Å². The third kappa shape index (κ3) is 2.80. The molecule has 1 aliphatic rings. The quantitative estimate of drug-likeness (QED) is 0.880. The molecule has 0 spiro atoms. The van der Waals surface area contributed by atoms with Gasteiger partial charge in [-0.1, -0.05) is 44.2 Å². The minimum Gasteiger partial charge on any atom is -0.324 e. The molecule has 5 nitrogen and oxygen atoms in total. The number of rotatable bonds is 4. The minimum atomic E-state index is -0.663. The first-order chi connectivity index (χ1) is 11.5. The van der Waals surface area contributed by atoms with Gasteiger partial charge in [0.05, 0.1) is 11.3 Å². The van der Waals surface area contributed by atoms with Gasteiger partial charge in [-0.25, -0.2) is 0 Å². The maximum atomic E-state index is 12.4. The van der Waals surface area contributed by atoms with Gasteiger partial charge in [0.25, 0.3) is 11.7 Å². The molecule has 0 saturated heterocycles. The van der Waals surface area contributed by atoms with Crippen LogP contribution in [0.1, 0.15) is 35.7 Å². The molecular formula is C19H18N2O3. The van der Waals surface area contributed by atoms with Crippen molar-refractivity contribution in [2.45, 2.75) is 19.8 Å². The lowest BCUT2D eigenvalue weighted by Gasteiger charge is -2.18. The molecule has 1 heterocycles. The Hall–Kier alpha value is -2.95. The highest BCUT2D eigenvalue weighted by molar-refractivity contribution is 6.52. The van der Waals surface area contributed by atoms with Crippen LogP contribution in [0.4, 0.5) is 11.4 Å². The van der Waals surface area contributed by atoms with Crippen LogP contribution in [0.25, 0.3) is 0 Å². The topological polar surface area (TPSA) is 66.5 Å². The highest BCUT2D eigenvalue weighted by atomic mass is 16.2. The predicted octanol–water partition coefficient (Wildman–Crippen LogP) is 2.98. The third-order valence-corrected chi connectivity index (χ3v) is 4.04. The van der Waals surface area contributed by atoms with Gasteiger partial charge in [0.2, 0.25) is 5.91 Å². The molecule has 0 fully saturated rings. The second-order valence-electron chi connectivity index (χ2n) is 6.03. The van der Waals surface area contributed by atoms with E-state index >= 15 is 0 Å². The number of Topliss-reactive ketones (excluding diaryl/α,β-unsaturated/α-hetero) is 1. The van der Waals surface area contributed by atoms with Gasteiger partial charge in [0.15, 0.2) is 0 Å². The summed E-state index contributed by atoms with van der Waals surface area (Å²) >= 11 is 0. The maximum absolute atomic E-state index is 12.4. The Morgan fingerprint density at radius 3 is 2.46 bits per heavy atom. The fraction of sp³-hybridized carbons (Fsp3) is 0.211. The highest BCUT2D eigenvalue weighted by Gasteiger charge is 2.36. The number of hydrogen-bond donors (Lipinski definition) is 1. The van der Waals surface area contributed by atoms with Crippen LogP contribution in [0.2, 0.25) is 0 Å². The highest BCUT2D eigenvalue weighted by Crippen LogP contribution is 2.28. The molecule has 0 aromatic heterocycles. The van der Waals surface area contributed by atoms with E-state index in [1.165, 1.54) is 4.90 Å². The molecule has 5 heteroatoms. The van der Waals surface area contributed by atoms with Crippen LogP contribution in [0.15, 0.2) is 48.5 Å². The maximum Gasteiger partial charge on any atom is 0.299 e. The minimum absolute atomic E-state index is 0.186. The monoisotopic (exact) mass is 322 g/mol. The van der Waals surface area contributed by atoms with Crippen LogP contribution in [0, 0.1) is 0 Å². The Morgan fingerprint density at radius 1 is 1.04 bits per heavy atom. The van der Waals surface area contributed by atoms with E-state index in [4.69, 9.17) is 0 Å². The Balaban J connectivity index is 1.79. The van der Waals surface area contributed by atoms with Crippen molar-refractivity contribution in [3.8, 4) is 0 Å². The predicted molar refractivity (Wildman–Crippen MR) is 92.3 cm³/mol. The van der Waals surface area contributed by atoms with Gasteiger partial charge in [0.1, 0.15) is 6.54 Å². The zero-order valence-corrected chi connectivity index (χ0v) is 13.6. The summed E-state index contributed by atoms with van der Waals surface area (Å²) in [7, 11) is 0. The van der Waals surface area contributed by atoms with Crippen LogP contribution < -0.4 is 10.2 Å². The van der Waals surface area contributed by atoms with Gasteiger partial charge >= 0.3 is 0 Å². The van der Waals surface area contributed by atoms with Gasteiger partial charge in [-0.15, -0.1) is 0 Å². The summed E-state index contributed by atoms with van der Waals surface area (Å²) < 4.78 is 0. The Morgan fingerprint density at radius 2 is 1.71 bits per heavy atom. The number of benzene rings is 2. The molecule has 2 aromatic rings. The first kappa shape index (κ1) is 15.9. The molecule has 2 amide bonds. The van der Waals surface area contributed by atoms with Crippen molar-refractivity contribution in [3.63, 3.8) is 0 Å². The zero-order chi connectivity index (χ0) is 17.3. The number of ketones is 1. The molecule has 0 unspecified atom stereocenters. The lowest BCUT2D eigenvalue weighted by molar-refractivity contribution is -0.118. The van der Waals surface area contributed by atoms with Gasteiger partial charge in [-0.2, -0.15) is 0 Å². The van der Waals surface area contributed by atoms with Gasteiger partial charge in [-0.3, -0.25) is 19.3 Å². The Labute approximate surface area is 140 Å². The van der Waals surface area contributed by atoms with Crippen LogP contribution >= 0.6 is 0 Å². The summed E-state index contributed by atoms with van der Waals surface area (Å²) in [5, 5.41) is 2.84. The second kappa shape index (κ2) is 6.28. The summed E-state index contributed by atoms with van der Waals surface area (Å²) in [6.07, 6.45) is 0. The average molecular weight is 322 g/mol. The normalized spacial score (nSPS) is 13.4. The molecule has 0 aliphatic carbocycles. The molecule has 2 aromatic carbocycles. The Kier molecular flexibility index (Phi) is 4.16. The molecule has 24 heavy (non-hydrogen) atoms. The SMILES string of the molecule is CC(C)c1ccccc1NC(=O)CN1C(=O)C(=O)c2ccccc21. The largest absolute Gasteiger partial charge is 0.324 e. The van der Waals surface area contributed by atoms with Crippen molar-refractivity contribution in [1.29, 1.82) is 0 Å². The standard InChI is InChI=1S/C19H18N2O3/c1-12(2)13-7-3-5-9-15(13)20-17(22)11-21-16-10-6-4-8-14(16)18(23)19(21)24/h3-10,12H,11H2,1-2H3,(H,20,22). The fourth-order valence-electron chi connectivity index (χ4n) is 2.85. The molecule has 3 rings (SSSR count). The van der Waals surface area contributed by atoms with Crippen LogP contribution in [-0.2, 0) is 9.59 Å². The number of para-hydroxylation sites is 2. The summed E-state index contributed by atoms with van der Waals surface area (Å²) in [4.78, 5) is 37.7.